The van der Waals surface area contributed by atoms with Gasteiger partial charge < -0.3 is 9.63 Å². The second-order valence-electron chi connectivity index (χ2n) is 4.47. The van der Waals surface area contributed by atoms with Gasteiger partial charge in [-0.15, -0.1) is 23.1 Å². The van der Waals surface area contributed by atoms with Gasteiger partial charge in [-0.25, -0.2) is 0 Å². The molecule has 0 bridgehead atoms. The smallest absolute Gasteiger partial charge is 0.316 e. The van der Waals surface area contributed by atoms with Crippen LogP contribution in [0.2, 0.25) is 0 Å². The van der Waals surface area contributed by atoms with Crippen LogP contribution in [0.15, 0.2) is 28.1 Å². The van der Waals surface area contributed by atoms with E-state index < -0.39 is 11.2 Å². The Labute approximate surface area is 119 Å². The highest BCUT2D eigenvalue weighted by atomic mass is 32.2. The summed E-state index contributed by atoms with van der Waals surface area (Å²) in [7, 11) is 0. The molecular formula is C13H15NO3S2. The van der Waals surface area contributed by atoms with Gasteiger partial charge in [0.15, 0.2) is 5.76 Å². The number of hydrogen-bond acceptors (Lipinski definition) is 5. The summed E-state index contributed by atoms with van der Waals surface area (Å²) in [5, 5.41) is 14.7. The molecule has 1 unspecified atom stereocenters. The first kappa shape index (κ1) is 14.1. The van der Waals surface area contributed by atoms with Crippen molar-refractivity contribution in [2.24, 2.45) is 5.92 Å². The predicted octanol–water partition coefficient (Wildman–Crippen LogP) is 3.75. The highest BCUT2D eigenvalue weighted by Crippen LogP contribution is 2.28. The van der Waals surface area contributed by atoms with Crippen LogP contribution in [0.5, 0.6) is 0 Å². The van der Waals surface area contributed by atoms with E-state index in [9.17, 15) is 4.79 Å². The van der Waals surface area contributed by atoms with Crippen molar-refractivity contribution in [3.63, 3.8) is 0 Å². The fourth-order valence-electron chi connectivity index (χ4n) is 1.64. The number of carboxylic acid groups (broad SMARTS) is 1. The minimum Gasteiger partial charge on any atom is -0.480 e. The van der Waals surface area contributed by atoms with Crippen molar-refractivity contribution in [1.29, 1.82) is 0 Å². The second-order valence-corrected chi connectivity index (χ2v) is 6.55. The Bertz CT molecular complexity index is 534. The Morgan fingerprint density at radius 2 is 2.37 bits per heavy atom. The highest BCUT2D eigenvalue weighted by Gasteiger charge is 2.22. The fraction of sp³-hybridized carbons (Fsp3) is 0.385. The monoisotopic (exact) mass is 297 g/mol. The molecule has 0 aliphatic heterocycles. The van der Waals surface area contributed by atoms with E-state index in [0.29, 0.717) is 5.75 Å². The van der Waals surface area contributed by atoms with Crippen molar-refractivity contribution in [2.45, 2.75) is 24.9 Å². The zero-order valence-electron chi connectivity index (χ0n) is 10.7. The minimum absolute atomic E-state index is 0.0890. The quantitative estimate of drug-likeness (QED) is 0.880. The molecule has 2 aromatic heterocycles. The molecule has 2 rings (SSSR count). The molecule has 0 aliphatic carbocycles. The Balaban J connectivity index is 1.99. The third kappa shape index (κ3) is 3.61. The molecule has 0 radical (unpaired) electrons. The van der Waals surface area contributed by atoms with Gasteiger partial charge in [0.2, 0.25) is 0 Å². The number of aromatic nitrogens is 1. The third-order valence-corrected chi connectivity index (χ3v) is 5.03. The molecule has 102 valence electrons. The van der Waals surface area contributed by atoms with Crippen molar-refractivity contribution in [3.05, 3.63) is 29.3 Å². The molecular weight excluding hydrogens is 282 g/mol. The van der Waals surface area contributed by atoms with E-state index in [4.69, 9.17) is 9.63 Å². The lowest BCUT2D eigenvalue weighted by atomic mass is 10.1. The summed E-state index contributed by atoms with van der Waals surface area (Å²) in [5.74, 6) is 0.597. The molecule has 4 nitrogen and oxygen atoms in total. The van der Waals surface area contributed by atoms with Crippen LogP contribution < -0.4 is 0 Å². The average molecular weight is 297 g/mol. The summed E-state index contributed by atoms with van der Waals surface area (Å²) in [6.07, 6.45) is 0. The Hall–Kier alpha value is -1.27. The molecule has 2 aromatic rings. The number of nitrogens with zero attached hydrogens (tertiary/aromatic N) is 1. The van der Waals surface area contributed by atoms with Crippen molar-refractivity contribution in [2.75, 3.05) is 0 Å². The van der Waals surface area contributed by atoms with Crippen molar-refractivity contribution >= 4 is 29.1 Å². The zero-order chi connectivity index (χ0) is 13.8. The predicted molar refractivity (Wildman–Crippen MR) is 77.4 cm³/mol. The molecule has 0 fully saturated rings. The van der Waals surface area contributed by atoms with Gasteiger partial charge >= 0.3 is 5.97 Å². The average Bonchev–Trinajstić information content (AvgIpc) is 2.98. The van der Waals surface area contributed by atoms with Crippen LogP contribution in [-0.2, 0) is 10.5 Å². The molecule has 19 heavy (non-hydrogen) atoms. The van der Waals surface area contributed by atoms with Gasteiger partial charge in [0, 0.05) is 11.8 Å². The van der Waals surface area contributed by atoms with Gasteiger partial charge in [-0.2, -0.15) is 0 Å². The van der Waals surface area contributed by atoms with Gasteiger partial charge in [-0.1, -0.05) is 25.1 Å². The highest BCUT2D eigenvalue weighted by molar-refractivity contribution is 7.99. The van der Waals surface area contributed by atoms with E-state index in [1.807, 2.05) is 37.4 Å². The first-order valence-corrected chi connectivity index (χ1v) is 7.84. The standard InChI is InChI=1S/C13H15NO3S2/c1-8(2)12(13(15)16)19-7-9-6-10(17-14-9)11-4-3-5-18-11/h3-6,8,12H,7H2,1-2H3,(H,15,16). The van der Waals surface area contributed by atoms with Crippen LogP contribution in [0, 0.1) is 5.92 Å². The van der Waals surface area contributed by atoms with Gasteiger partial charge in [0.1, 0.15) is 5.25 Å². The largest absolute Gasteiger partial charge is 0.480 e. The number of carbonyl (C=O) groups is 1. The molecule has 1 N–H and O–H groups in total. The topological polar surface area (TPSA) is 63.3 Å². The molecule has 1 atom stereocenters. The zero-order valence-corrected chi connectivity index (χ0v) is 12.3. The maximum Gasteiger partial charge on any atom is 0.316 e. The normalized spacial score (nSPS) is 12.8. The Morgan fingerprint density at radius 1 is 1.58 bits per heavy atom. The van der Waals surface area contributed by atoms with Crippen LogP contribution in [0.25, 0.3) is 10.6 Å². The minimum atomic E-state index is -0.776. The second kappa shape index (κ2) is 6.25. The molecule has 6 heteroatoms. The lowest BCUT2D eigenvalue weighted by Gasteiger charge is -2.14. The number of thioether (sulfide) groups is 1. The first-order chi connectivity index (χ1) is 9.08. The van der Waals surface area contributed by atoms with Gasteiger partial charge in [0.25, 0.3) is 0 Å². The molecule has 0 amide bonds. The van der Waals surface area contributed by atoms with Gasteiger partial charge in [0.05, 0.1) is 10.6 Å². The number of carboxylic acids is 1. The van der Waals surface area contributed by atoms with Crippen LogP contribution in [0.4, 0.5) is 0 Å². The maximum absolute atomic E-state index is 11.1. The van der Waals surface area contributed by atoms with E-state index in [1.54, 1.807) is 11.3 Å². The number of rotatable bonds is 6. The van der Waals surface area contributed by atoms with Gasteiger partial charge in [-0.3, -0.25) is 4.79 Å². The fourth-order valence-corrected chi connectivity index (χ4v) is 3.33. The van der Waals surface area contributed by atoms with Crippen LogP contribution >= 0.6 is 23.1 Å². The van der Waals surface area contributed by atoms with E-state index >= 15 is 0 Å². The third-order valence-electron chi connectivity index (χ3n) is 2.58. The van der Waals surface area contributed by atoms with Crippen molar-refractivity contribution in [1.82, 2.24) is 5.16 Å². The Kier molecular flexibility index (Phi) is 4.66. The first-order valence-electron chi connectivity index (χ1n) is 5.92. The molecule has 0 aromatic carbocycles. The summed E-state index contributed by atoms with van der Waals surface area (Å²) in [6, 6.07) is 5.80. The van der Waals surface area contributed by atoms with Crippen LogP contribution in [0.3, 0.4) is 0 Å². The summed E-state index contributed by atoms with van der Waals surface area (Å²) >= 11 is 2.97. The van der Waals surface area contributed by atoms with Crippen molar-refractivity contribution < 1.29 is 14.4 Å². The SMILES string of the molecule is CC(C)C(SCc1cc(-c2cccs2)on1)C(=O)O. The lowest BCUT2D eigenvalue weighted by Crippen LogP contribution is -2.22. The summed E-state index contributed by atoms with van der Waals surface area (Å²) in [4.78, 5) is 12.1. The van der Waals surface area contributed by atoms with Crippen LogP contribution in [-0.4, -0.2) is 21.5 Å². The van der Waals surface area contributed by atoms with Crippen molar-refractivity contribution in [3.8, 4) is 10.6 Å². The van der Waals surface area contributed by atoms with Gasteiger partial charge in [-0.05, 0) is 17.4 Å². The summed E-state index contributed by atoms with van der Waals surface area (Å²) in [5.41, 5.74) is 0.778. The molecule has 2 heterocycles. The van der Waals surface area contributed by atoms with E-state index in [2.05, 4.69) is 5.16 Å². The van der Waals surface area contributed by atoms with Crippen LogP contribution in [0.1, 0.15) is 19.5 Å². The summed E-state index contributed by atoms with van der Waals surface area (Å²) < 4.78 is 5.26. The number of aliphatic carboxylic acids is 1. The molecule has 0 saturated heterocycles. The number of hydrogen-bond donors (Lipinski definition) is 1. The van der Waals surface area contributed by atoms with E-state index in [-0.39, 0.29) is 5.92 Å². The lowest BCUT2D eigenvalue weighted by molar-refractivity contribution is -0.137. The van der Waals surface area contributed by atoms with E-state index in [0.717, 1.165) is 16.3 Å². The molecule has 0 saturated carbocycles. The Morgan fingerprint density at radius 3 is 2.95 bits per heavy atom. The summed E-state index contributed by atoms with van der Waals surface area (Å²) in [6.45, 7) is 3.82. The molecule has 0 aliphatic rings. The molecule has 0 spiro atoms. The number of thiophene rings is 1. The maximum atomic E-state index is 11.1. The van der Waals surface area contributed by atoms with E-state index in [1.165, 1.54) is 11.8 Å².